The highest BCUT2D eigenvalue weighted by Gasteiger charge is 2.31. The van der Waals surface area contributed by atoms with Crippen LogP contribution in [0.25, 0.3) is 0 Å². The first-order valence-electron chi connectivity index (χ1n) is 5.33. The van der Waals surface area contributed by atoms with Crippen LogP contribution >= 0.6 is 24.8 Å². The van der Waals surface area contributed by atoms with E-state index in [0.29, 0.717) is 12.1 Å². The summed E-state index contributed by atoms with van der Waals surface area (Å²) < 4.78 is 0. The molecule has 5 heteroatoms. The molecule has 2 saturated heterocycles. The van der Waals surface area contributed by atoms with E-state index in [1.54, 1.807) is 0 Å². The van der Waals surface area contributed by atoms with Crippen LogP contribution in [0.2, 0.25) is 0 Å². The number of halogens is 2. The third kappa shape index (κ3) is 2.59. The van der Waals surface area contributed by atoms with Gasteiger partial charge >= 0.3 is 0 Å². The van der Waals surface area contributed by atoms with Crippen LogP contribution in [0, 0.1) is 0 Å². The Morgan fingerprint density at radius 1 is 1.19 bits per heavy atom. The zero-order valence-electron chi connectivity index (χ0n) is 9.00. The maximum absolute atomic E-state index is 4.17. The Kier molecular flexibility index (Phi) is 4.84. The topological polar surface area (TPSA) is 28.2 Å². The number of anilines is 1. The summed E-state index contributed by atoms with van der Waals surface area (Å²) in [6.07, 6.45) is 6.47. The summed E-state index contributed by atoms with van der Waals surface area (Å²) in [6.45, 7) is 2.28. The molecule has 16 heavy (non-hydrogen) atoms. The van der Waals surface area contributed by atoms with E-state index in [0.717, 1.165) is 13.1 Å². The van der Waals surface area contributed by atoms with Gasteiger partial charge in [0.05, 0.1) is 11.9 Å². The van der Waals surface area contributed by atoms with E-state index in [2.05, 4.69) is 21.3 Å². The molecule has 1 aromatic rings. The molecular formula is C11H17Cl2N3. The molecule has 1 aromatic heterocycles. The van der Waals surface area contributed by atoms with Gasteiger partial charge in [0.1, 0.15) is 0 Å². The van der Waals surface area contributed by atoms with E-state index >= 15 is 0 Å². The number of piperazine rings is 1. The molecule has 3 nitrogen and oxygen atoms in total. The van der Waals surface area contributed by atoms with E-state index in [-0.39, 0.29) is 24.8 Å². The molecular weight excluding hydrogens is 245 g/mol. The zero-order valence-corrected chi connectivity index (χ0v) is 10.6. The summed E-state index contributed by atoms with van der Waals surface area (Å²) in [5.41, 5.74) is 1.27. The predicted molar refractivity (Wildman–Crippen MR) is 70.9 cm³/mol. The summed E-state index contributed by atoms with van der Waals surface area (Å²) in [7, 11) is 0. The van der Waals surface area contributed by atoms with Gasteiger partial charge in [-0.2, -0.15) is 0 Å². The number of pyridine rings is 1. The summed E-state index contributed by atoms with van der Waals surface area (Å²) in [5.74, 6) is 0. The first kappa shape index (κ1) is 13.6. The van der Waals surface area contributed by atoms with Crippen LogP contribution < -0.4 is 10.2 Å². The van der Waals surface area contributed by atoms with Crippen molar-refractivity contribution in [1.29, 1.82) is 0 Å². The molecule has 3 rings (SSSR count). The summed E-state index contributed by atoms with van der Waals surface area (Å²) in [6, 6.07) is 5.57. The Morgan fingerprint density at radius 2 is 1.88 bits per heavy atom. The van der Waals surface area contributed by atoms with E-state index in [9.17, 15) is 0 Å². The van der Waals surface area contributed by atoms with Gasteiger partial charge in [-0.15, -0.1) is 24.8 Å². The van der Waals surface area contributed by atoms with E-state index < -0.39 is 0 Å². The molecule has 3 heterocycles. The van der Waals surface area contributed by atoms with Crippen LogP contribution in [-0.4, -0.2) is 30.2 Å². The van der Waals surface area contributed by atoms with Crippen molar-refractivity contribution in [3.05, 3.63) is 24.5 Å². The van der Waals surface area contributed by atoms with Gasteiger partial charge in [-0.3, -0.25) is 4.98 Å². The van der Waals surface area contributed by atoms with Crippen LogP contribution in [0.5, 0.6) is 0 Å². The summed E-state index contributed by atoms with van der Waals surface area (Å²) >= 11 is 0. The van der Waals surface area contributed by atoms with Crippen molar-refractivity contribution in [3.8, 4) is 0 Å². The van der Waals surface area contributed by atoms with Gasteiger partial charge in [-0.25, -0.2) is 0 Å². The number of hydrogen-bond acceptors (Lipinski definition) is 3. The molecule has 0 aliphatic carbocycles. The maximum atomic E-state index is 4.17. The van der Waals surface area contributed by atoms with Gasteiger partial charge in [-0.1, -0.05) is 0 Å². The lowest BCUT2D eigenvalue weighted by Crippen LogP contribution is -2.51. The van der Waals surface area contributed by atoms with Crippen molar-refractivity contribution >= 4 is 30.5 Å². The maximum Gasteiger partial charge on any atom is 0.0553 e. The Balaban J connectivity index is 0.000000640. The number of hydrogen-bond donors (Lipinski definition) is 1. The lowest BCUT2D eigenvalue weighted by molar-refractivity contribution is 0.465. The summed E-state index contributed by atoms with van der Waals surface area (Å²) in [5, 5.41) is 3.63. The van der Waals surface area contributed by atoms with Crippen molar-refractivity contribution in [1.82, 2.24) is 10.3 Å². The minimum Gasteiger partial charge on any atom is -0.367 e. The Morgan fingerprint density at radius 3 is 2.44 bits per heavy atom. The Bertz CT molecular complexity index is 308. The van der Waals surface area contributed by atoms with Gasteiger partial charge in [-0.05, 0) is 25.0 Å². The number of fused-ring (bicyclic) bond motifs is 2. The predicted octanol–water partition coefficient (Wildman–Crippen LogP) is 1.87. The number of rotatable bonds is 1. The van der Waals surface area contributed by atoms with E-state index in [1.165, 1.54) is 18.5 Å². The molecule has 2 unspecified atom stereocenters. The second-order valence-electron chi connectivity index (χ2n) is 4.25. The molecule has 2 aliphatic rings. The van der Waals surface area contributed by atoms with Crippen molar-refractivity contribution in [2.75, 3.05) is 18.0 Å². The van der Waals surface area contributed by atoms with Gasteiger partial charge in [0.15, 0.2) is 0 Å². The lowest BCUT2D eigenvalue weighted by atomic mass is 10.2. The van der Waals surface area contributed by atoms with Crippen LogP contribution in [-0.2, 0) is 0 Å². The quantitative estimate of drug-likeness (QED) is 0.837. The van der Waals surface area contributed by atoms with Crippen LogP contribution in [0.1, 0.15) is 12.8 Å². The SMILES string of the molecule is Cl.Cl.c1cncc(N2CC3CCC(C2)N3)c1. The van der Waals surface area contributed by atoms with Crippen molar-refractivity contribution in [2.24, 2.45) is 0 Å². The van der Waals surface area contributed by atoms with Crippen molar-refractivity contribution in [3.63, 3.8) is 0 Å². The minimum absolute atomic E-state index is 0. The Labute approximate surface area is 108 Å². The zero-order chi connectivity index (χ0) is 9.38. The van der Waals surface area contributed by atoms with Crippen LogP contribution in [0.15, 0.2) is 24.5 Å². The fourth-order valence-electron chi connectivity index (χ4n) is 2.55. The van der Waals surface area contributed by atoms with Crippen LogP contribution in [0.4, 0.5) is 5.69 Å². The normalized spacial score (nSPS) is 26.9. The first-order chi connectivity index (χ1) is 6.92. The molecule has 0 aromatic carbocycles. The summed E-state index contributed by atoms with van der Waals surface area (Å²) in [4.78, 5) is 6.62. The standard InChI is InChI=1S/C11H15N3.2ClH/c1-2-11(6-12-5-1)14-7-9-3-4-10(8-14)13-9;;/h1-2,5-6,9-10,13H,3-4,7-8H2;2*1H. The molecule has 2 atom stereocenters. The highest BCUT2D eigenvalue weighted by atomic mass is 35.5. The lowest BCUT2D eigenvalue weighted by Gasteiger charge is -2.34. The second kappa shape index (κ2) is 5.71. The molecule has 90 valence electrons. The molecule has 2 bridgehead atoms. The largest absolute Gasteiger partial charge is 0.367 e. The monoisotopic (exact) mass is 261 g/mol. The third-order valence-electron chi connectivity index (χ3n) is 3.23. The Hall–Kier alpha value is -0.510. The fraction of sp³-hybridized carbons (Fsp3) is 0.545. The highest BCUT2D eigenvalue weighted by molar-refractivity contribution is 5.85. The number of nitrogens with zero attached hydrogens (tertiary/aromatic N) is 2. The first-order valence-corrected chi connectivity index (χ1v) is 5.33. The molecule has 1 N–H and O–H groups in total. The fourth-order valence-corrected chi connectivity index (χ4v) is 2.55. The van der Waals surface area contributed by atoms with Gasteiger partial charge in [0, 0.05) is 31.4 Å². The van der Waals surface area contributed by atoms with E-state index in [1.807, 2.05) is 18.5 Å². The highest BCUT2D eigenvalue weighted by Crippen LogP contribution is 2.24. The molecule has 0 saturated carbocycles. The molecule has 0 amide bonds. The van der Waals surface area contributed by atoms with Crippen molar-refractivity contribution < 1.29 is 0 Å². The third-order valence-corrected chi connectivity index (χ3v) is 3.23. The molecule has 2 aliphatic heterocycles. The number of aromatic nitrogens is 1. The molecule has 0 spiro atoms. The number of nitrogens with one attached hydrogen (secondary N) is 1. The van der Waals surface area contributed by atoms with Gasteiger partial charge in [0.25, 0.3) is 0 Å². The van der Waals surface area contributed by atoms with Gasteiger partial charge < -0.3 is 10.2 Å². The molecule has 2 fully saturated rings. The minimum atomic E-state index is 0. The van der Waals surface area contributed by atoms with E-state index in [4.69, 9.17) is 0 Å². The molecule has 0 radical (unpaired) electrons. The van der Waals surface area contributed by atoms with Crippen molar-refractivity contribution in [2.45, 2.75) is 24.9 Å². The second-order valence-corrected chi connectivity index (χ2v) is 4.25. The van der Waals surface area contributed by atoms with Crippen LogP contribution in [0.3, 0.4) is 0 Å². The smallest absolute Gasteiger partial charge is 0.0553 e. The average molecular weight is 262 g/mol. The average Bonchev–Trinajstić information content (AvgIpc) is 2.59. The van der Waals surface area contributed by atoms with Gasteiger partial charge in [0.2, 0.25) is 0 Å².